The average molecular weight is 179 g/mol. The fourth-order valence-electron chi connectivity index (χ4n) is 0.414. The lowest BCUT2D eigenvalue weighted by molar-refractivity contribution is 0.890. The molecule has 1 rings (SSSR count). The molecule has 0 aromatic carbocycles. The summed E-state index contributed by atoms with van der Waals surface area (Å²) in [5, 5.41) is 3.03. The molecule has 5 nitrogen and oxygen atoms in total. The van der Waals surface area contributed by atoms with Crippen LogP contribution in [0.3, 0.4) is 0 Å². The van der Waals surface area contributed by atoms with Gasteiger partial charge in [0.15, 0.2) is 10.3 Å². The normalized spacial score (nSPS) is 9.40. The molecule has 0 saturated carbocycles. The van der Waals surface area contributed by atoms with Crippen LogP contribution in [-0.4, -0.2) is 9.66 Å². The van der Waals surface area contributed by atoms with E-state index in [2.05, 4.69) is 15.7 Å². The van der Waals surface area contributed by atoms with Gasteiger partial charge in [-0.15, -0.1) is 0 Å². The summed E-state index contributed by atoms with van der Waals surface area (Å²) in [4.78, 5) is 3.59. The molecule has 0 aliphatic heterocycles. The van der Waals surface area contributed by atoms with Gasteiger partial charge >= 0.3 is 0 Å². The Hall–Kier alpha value is -0.810. The first-order valence-electron chi connectivity index (χ1n) is 2.22. The maximum Gasteiger partial charge on any atom is 0.166 e. The van der Waals surface area contributed by atoms with E-state index in [9.17, 15) is 0 Å². The van der Waals surface area contributed by atoms with E-state index in [1.807, 2.05) is 0 Å². The third kappa shape index (κ3) is 1.19. The molecule has 0 aliphatic carbocycles. The average Bonchev–Trinajstić information content (AvgIpc) is 2.20. The van der Waals surface area contributed by atoms with Crippen LogP contribution in [0, 0.1) is 5.53 Å². The molecule has 0 amide bonds. The lowest BCUT2D eigenvalue weighted by atomic mass is 10.9. The van der Waals surface area contributed by atoms with Gasteiger partial charge in [0.25, 0.3) is 0 Å². The molecule has 1 heterocycles. The predicted molar refractivity (Wildman–Crippen MR) is 36.2 cm³/mol. The molecule has 7 heteroatoms. The minimum Gasteiger partial charge on any atom is -0.397 e. The first kappa shape index (κ1) is 7.30. The van der Waals surface area contributed by atoms with Crippen LogP contribution in [0.15, 0.2) is 11.6 Å². The Morgan fingerprint density at radius 1 is 1.70 bits per heavy atom. The van der Waals surface area contributed by atoms with Gasteiger partial charge in [0.2, 0.25) is 0 Å². The van der Waals surface area contributed by atoms with E-state index in [0.29, 0.717) is 0 Å². The number of nitrogens with zero attached hydrogens (tertiary/aromatic N) is 4. The highest BCUT2D eigenvalue weighted by molar-refractivity contribution is 6.40. The van der Waals surface area contributed by atoms with E-state index < -0.39 is 0 Å². The van der Waals surface area contributed by atoms with Crippen molar-refractivity contribution >= 4 is 23.2 Å². The van der Waals surface area contributed by atoms with Crippen molar-refractivity contribution in [2.45, 2.75) is 0 Å². The maximum absolute atomic E-state index is 6.35. The maximum atomic E-state index is 6.35. The SMILES string of the molecule is N=N[N-]n1cnc(Cl)c1Cl. The van der Waals surface area contributed by atoms with Crippen molar-refractivity contribution in [3.05, 3.63) is 22.2 Å². The van der Waals surface area contributed by atoms with E-state index in [1.54, 1.807) is 0 Å². The standard InChI is InChI=1S/C3H2Cl2N5/c4-2-3(5)10(1-7-2)9-8-6/h1H,(H-,6,9)/q-1. The Kier molecular flexibility index (Phi) is 2.08. The molecule has 0 fully saturated rings. The third-order valence-electron chi connectivity index (χ3n) is 0.793. The topological polar surface area (TPSA) is 68.1 Å². The minimum atomic E-state index is 0.147. The Balaban J connectivity index is 2.93. The van der Waals surface area contributed by atoms with Crippen molar-refractivity contribution in [3.63, 3.8) is 0 Å². The minimum absolute atomic E-state index is 0.147. The fraction of sp³-hybridized carbons (Fsp3) is 0. The van der Waals surface area contributed by atoms with E-state index in [0.717, 1.165) is 4.68 Å². The molecule has 10 heavy (non-hydrogen) atoms. The zero-order chi connectivity index (χ0) is 7.56. The first-order chi connectivity index (χ1) is 4.75. The zero-order valence-corrected chi connectivity index (χ0v) is 6.13. The summed E-state index contributed by atoms with van der Waals surface area (Å²) in [6.45, 7) is 0. The third-order valence-corrected chi connectivity index (χ3v) is 1.52. The number of aromatic nitrogens is 2. The lowest BCUT2D eigenvalue weighted by Gasteiger charge is -2.04. The van der Waals surface area contributed by atoms with Crippen LogP contribution < -0.4 is 0 Å². The van der Waals surface area contributed by atoms with E-state index in [4.69, 9.17) is 28.7 Å². The zero-order valence-electron chi connectivity index (χ0n) is 4.62. The van der Waals surface area contributed by atoms with Gasteiger partial charge in [0.05, 0.1) is 0 Å². The van der Waals surface area contributed by atoms with Gasteiger partial charge in [0, 0.05) is 0 Å². The van der Waals surface area contributed by atoms with Gasteiger partial charge in [-0.05, 0) is 0 Å². The summed E-state index contributed by atoms with van der Waals surface area (Å²) in [6.07, 6.45) is 1.27. The summed E-state index contributed by atoms with van der Waals surface area (Å²) >= 11 is 11.0. The quantitative estimate of drug-likeness (QED) is 0.548. The van der Waals surface area contributed by atoms with Crippen LogP contribution in [0.5, 0.6) is 0 Å². The van der Waals surface area contributed by atoms with Crippen molar-refractivity contribution in [2.24, 2.45) is 5.22 Å². The van der Waals surface area contributed by atoms with Gasteiger partial charge in [-0.2, -0.15) is 0 Å². The summed E-state index contributed by atoms with van der Waals surface area (Å²) in [5.41, 5.74) is 9.61. The van der Waals surface area contributed by atoms with Crippen LogP contribution in [0.4, 0.5) is 0 Å². The van der Waals surface area contributed by atoms with Gasteiger partial charge in [0.1, 0.15) is 6.33 Å². The molecule has 0 spiro atoms. The Morgan fingerprint density at radius 3 is 2.80 bits per heavy atom. The van der Waals surface area contributed by atoms with Crippen LogP contribution in [0.1, 0.15) is 0 Å². The van der Waals surface area contributed by atoms with Crippen molar-refractivity contribution in [1.82, 2.24) is 9.66 Å². The molecule has 0 atom stereocenters. The molecule has 1 aromatic heterocycles. The monoisotopic (exact) mass is 178 g/mol. The lowest BCUT2D eigenvalue weighted by Crippen LogP contribution is -1.83. The van der Waals surface area contributed by atoms with Gasteiger partial charge in [-0.1, -0.05) is 23.2 Å². The summed E-state index contributed by atoms with van der Waals surface area (Å²) < 4.78 is 1.09. The second-order valence-corrected chi connectivity index (χ2v) is 2.08. The summed E-state index contributed by atoms with van der Waals surface area (Å²) in [5.74, 6) is 0. The molecule has 0 aliphatic rings. The van der Waals surface area contributed by atoms with Crippen molar-refractivity contribution in [1.29, 1.82) is 5.53 Å². The number of halogens is 2. The molecule has 0 radical (unpaired) electrons. The number of nitrogens with one attached hydrogen (secondary N) is 1. The van der Waals surface area contributed by atoms with Crippen molar-refractivity contribution in [3.8, 4) is 0 Å². The smallest absolute Gasteiger partial charge is 0.166 e. The highest BCUT2D eigenvalue weighted by Gasteiger charge is 2.00. The largest absolute Gasteiger partial charge is 0.397 e. The highest BCUT2D eigenvalue weighted by atomic mass is 35.5. The number of imidazole rings is 1. The molecule has 0 bridgehead atoms. The van der Waals surface area contributed by atoms with Crippen LogP contribution >= 0.6 is 23.2 Å². The molecular formula is C3H2Cl2N5-. The van der Waals surface area contributed by atoms with E-state index >= 15 is 0 Å². The molecule has 54 valence electrons. The van der Waals surface area contributed by atoms with Crippen LogP contribution in [0.2, 0.25) is 10.3 Å². The summed E-state index contributed by atoms with van der Waals surface area (Å²) in [7, 11) is 0. The van der Waals surface area contributed by atoms with Gasteiger partial charge < -0.3 is 5.53 Å². The molecule has 0 saturated heterocycles. The van der Waals surface area contributed by atoms with Crippen molar-refractivity contribution in [2.75, 3.05) is 0 Å². The number of hydrogen-bond donors (Lipinski definition) is 1. The Morgan fingerprint density at radius 2 is 2.40 bits per heavy atom. The van der Waals surface area contributed by atoms with Crippen LogP contribution in [0.25, 0.3) is 5.53 Å². The molecule has 1 aromatic rings. The number of rotatable bonds is 2. The van der Waals surface area contributed by atoms with Gasteiger partial charge in [-0.25, -0.2) is 4.98 Å². The van der Waals surface area contributed by atoms with E-state index in [1.165, 1.54) is 6.33 Å². The molecular weight excluding hydrogens is 177 g/mol. The van der Waals surface area contributed by atoms with Crippen molar-refractivity contribution < 1.29 is 0 Å². The van der Waals surface area contributed by atoms with Gasteiger partial charge in [-0.3, -0.25) is 15.4 Å². The second-order valence-electron chi connectivity index (χ2n) is 1.36. The van der Waals surface area contributed by atoms with Crippen LogP contribution in [-0.2, 0) is 0 Å². The molecule has 1 N–H and O–H groups in total. The Bertz CT molecular complexity index is 243. The fourth-order valence-corrected chi connectivity index (χ4v) is 0.671. The molecule has 0 unspecified atom stereocenters. The highest BCUT2D eigenvalue weighted by Crippen LogP contribution is 2.20. The second kappa shape index (κ2) is 2.85. The summed E-state index contributed by atoms with van der Waals surface area (Å²) in [6, 6.07) is 0. The van der Waals surface area contributed by atoms with E-state index in [-0.39, 0.29) is 10.3 Å². The Labute approximate surface area is 66.4 Å². The first-order valence-corrected chi connectivity index (χ1v) is 2.97. The predicted octanol–water partition coefficient (Wildman–Crippen LogP) is 2.27. The number of hydrogen-bond acceptors (Lipinski definition) is 3.